The van der Waals surface area contributed by atoms with Crippen LogP contribution in [0.15, 0.2) is 40.6 Å². The van der Waals surface area contributed by atoms with Gasteiger partial charge in [0.25, 0.3) is 0 Å². The number of rotatable bonds is 1. The van der Waals surface area contributed by atoms with Crippen LogP contribution in [0.25, 0.3) is 17.0 Å². The molecule has 0 unspecified atom stereocenters. The van der Waals surface area contributed by atoms with E-state index in [2.05, 4.69) is 41.5 Å². The van der Waals surface area contributed by atoms with E-state index in [1.54, 1.807) is 6.26 Å². The number of fused-ring (bicyclic) bond motifs is 1. The number of nitrogens with zero attached hydrogens (tertiary/aromatic N) is 1. The van der Waals surface area contributed by atoms with Gasteiger partial charge in [0.05, 0.1) is 12.9 Å². The number of hydrogen-bond donors (Lipinski definition) is 1. The molecule has 1 N–H and O–H groups in total. The molecule has 0 amide bonds. The van der Waals surface area contributed by atoms with Crippen molar-refractivity contribution in [3.05, 3.63) is 41.8 Å². The molecule has 2 aromatic rings. The van der Waals surface area contributed by atoms with Crippen LogP contribution in [-0.2, 0) is 0 Å². The summed E-state index contributed by atoms with van der Waals surface area (Å²) in [6.07, 6.45) is 3.90. The molecule has 2 heterocycles. The van der Waals surface area contributed by atoms with Gasteiger partial charge in [-0.15, -0.1) is 0 Å². The smallest absolute Gasteiger partial charge is 0.141 e. The molecule has 3 nitrogen and oxygen atoms in total. The lowest BCUT2D eigenvalue weighted by molar-refractivity contribution is 0.414. The Bertz CT molecular complexity index is 542. The maximum atomic E-state index is 5.50. The summed E-state index contributed by atoms with van der Waals surface area (Å²) in [5, 5.41) is 4.51. The monoisotopic (exact) mass is 214 g/mol. The van der Waals surface area contributed by atoms with Crippen molar-refractivity contribution in [3.8, 4) is 0 Å². The van der Waals surface area contributed by atoms with E-state index >= 15 is 0 Å². The minimum atomic E-state index is 0.917. The molecule has 1 fully saturated rings. The quantitative estimate of drug-likeness (QED) is 0.789. The topological polar surface area (TPSA) is 28.4 Å². The lowest BCUT2D eigenvalue weighted by Crippen LogP contribution is -2.15. The second-order valence-electron chi connectivity index (χ2n) is 4.20. The van der Waals surface area contributed by atoms with Crippen LogP contribution in [0.2, 0.25) is 0 Å². The third-order valence-corrected chi connectivity index (χ3v) is 2.86. The van der Waals surface area contributed by atoms with Crippen molar-refractivity contribution >= 4 is 17.0 Å². The lowest BCUT2D eigenvalue weighted by Gasteiger charge is -2.00. The third-order valence-electron chi connectivity index (χ3n) is 2.86. The van der Waals surface area contributed by atoms with Gasteiger partial charge < -0.3 is 9.73 Å². The maximum Gasteiger partial charge on any atom is 0.141 e. The molecule has 0 spiro atoms. The fourth-order valence-electron chi connectivity index (χ4n) is 2.05. The van der Waals surface area contributed by atoms with Crippen molar-refractivity contribution < 1.29 is 4.42 Å². The molecule has 3 heteroatoms. The van der Waals surface area contributed by atoms with Crippen molar-refractivity contribution in [1.29, 1.82) is 0 Å². The van der Waals surface area contributed by atoms with E-state index in [1.807, 2.05) is 6.07 Å². The minimum Gasteiger partial charge on any atom is -0.464 e. The average Bonchev–Trinajstić information content (AvgIpc) is 2.87. The Labute approximate surface area is 94.3 Å². The zero-order valence-electron chi connectivity index (χ0n) is 9.23. The number of para-hydroxylation sites is 1. The molecule has 0 saturated carbocycles. The van der Waals surface area contributed by atoms with Gasteiger partial charge in [0, 0.05) is 23.2 Å². The molecule has 1 aliphatic heterocycles. The molecule has 1 saturated heterocycles. The highest BCUT2D eigenvalue weighted by atomic mass is 16.3. The van der Waals surface area contributed by atoms with Gasteiger partial charge in [-0.2, -0.15) is 0 Å². The van der Waals surface area contributed by atoms with Crippen molar-refractivity contribution in [3.63, 3.8) is 0 Å². The molecule has 0 radical (unpaired) electrons. The maximum absolute atomic E-state index is 5.50. The lowest BCUT2D eigenvalue weighted by atomic mass is 10.1. The van der Waals surface area contributed by atoms with Crippen LogP contribution < -0.4 is 5.32 Å². The molecular weight excluding hydrogens is 200 g/mol. The minimum absolute atomic E-state index is 0.917. The van der Waals surface area contributed by atoms with Crippen molar-refractivity contribution in [1.82, 2.24) is 10.2 Å². The molecular formula is C13H14N2O. The Kier molecular flexibility index (Phi) is 2.18. The third kappa shape index (κ3) is 1.59. The highest BCUT2D eigenvalue weighted by Crippen LogP contribution is 2.22. The van der Waals surface area contributed by atoms with Crippen LogP contribution in [0.5, 0.6) is 0 Å². The summed E-state index contributed by atoms with van der Waals surface area (Å²) in [5.41, 5.74) is 3.35. The van der Waals surface area contributed by atoms with Gasteiger partial charge in [0.15, 0.2) is 0 Å². The molecule has 0 atom stereocenters. The van der Waals surface area contributed by atoms with Crippen molar-refractivity contribution in [2.24, 2.45) is 0 Å². The number of nitrogens with one attached hydrogen (secondary N) is 1. The van der Waals surface area contributed by atoms with E-state index in [0.717, 1.165) is 29.7 Å². The molecule has 0 bridgehead atoms. The van der Waals surface area contributed by atoms with E-state index in [-0.39, 0.29) is 0 Å². The predicted octanol–water partition coefficient (Wildman–Crippen LogP) is 2.27. The van der Waals surface area contributed by atoms with Gasteiger partial charge in [-0.3, -0.25) is 4.90 Å². The Morgan fingerprint density at radius 2 is 2.31 bits per heavy atom. The molecule has 0 aliphatic carbocycles. The summed E-state index contributed by atoms with van der Waals surface area (Å²) in [5.74, 6) is 0. The van der Waals surface area contributed by atoms with Gasteiger partial charge in [-0.05, 0) is 19.2 Å². The van der Waals surface area contributed by atoms with Crippen LogP contribution in [0.3, 0.4) is 0 Å². The number of likely N-dealkylation sites (N-methyl/N-ethyl adjacent to an activating group) is 1. The van der Waals surface area contributed by atoms with Gasteiger partial charge in [-0.25, -0.2) is 0 Å². The van der Waals surface area contributed by atoms with Gasteiger partial charge >= 0.3 is 0 Å². The summed E-state index contributed by atoms with van der Waals surface area (Å²) >= 11 is 0. The predicted molar refractivity (Wildman–Crippen MR) is 64.8 cm³/mol. The molecule has 1 aromatic carbocycles. The van der Waals surface area contributed by atoms with Crippen LogP contribution in [0.1, 0.15) is 5.56 Å². The Hall–Kier alpha value is -1.74. The Balaban J connectivity index is 2.03. The second-order valence-corrected chi connectivity index (χ2v) is 4.20. The molecule has 82 valence electrons. The first-order valence-corrected chi connectivity index (χ1v) is 5.42. The normalized spacial score (nSPS) is 19.4. The number of hydrogen-bond acceptors (Lipinski definition) is 3. The highest BCUT2D eigenvalue weighted by Gasteiger charge is 2.11. The first kappa shape index (κ1) is 9.48. The summed E-state index contributed by atoms with van der Waals surface area (Å²) in [6, 6.07) is 8.20. The fraction of sp³-hybridized carbons (Fsp3) is 0.231. The van der Waals surface area contributed by atoms with E-state index in [4.69, 9.17) is 4.42 Å². The van der Waals surface area contributed by atoms with Crippen LogP contribution in [-0.4, -0.2) is 25.2 Å². The molecule has 16 heavy (non-hydrogen) atoms. The van der Waals surface area contributed by atoms with E-state index in [0.29, 0.717) is 0 Å². The zero-order chi connectivity index (χ0) is 11.0. The standard InChI is InChI=1S/C13H14N2O/c1-15-8-12(14-9-15)7-11-4-2-3-10-5-6-16-13(10)11/h2-7,14H,8-9H2,1H3/b12-7-. The second kappa shape index (κ2) is 3.68. The summed E-state index contributed by atoms with van der Waals surface area (Å²) in [7, 11) is 2.10. The van der Waals surface area contributed by atoms with Crippen molar-refractivity contribution in [2.45, 2.75) is 0 Å². The fourth-order valence-corrected chi connectivity index (χ4v) is 2.05. The van der Waals surface area contributed by atoms with E-state index in [9.17, 15) is 0 Å². The first-order valence-electron chi connectivity index (χ1n) is 5.42. The van der Waals surface area contributed by atoms with E-state index in [1.165, 1.54) is 5.70 Å². The molecule has 1 aromatic heterocycles. The SMILES string of the molecule is CN1CN/C(=C\c2cccc3ccoc23)C1. The molecule has 3 rings (SSSR count). The number of furan rings is 1. The van der Waals surface area contributed by atoms with Crippen molar-refractivity contribution in [2.75, 3.05) is 20.3 Å². The summed E-state index contributed by atoms with van der Waals surface area (Å²) in [4.78, 5) is 2.23. The van der Waals surface area contributed by atoms with Gasteiger partial charge in [-0.1, -0.05) is 18.2 Å². The Morgan fingerprint density at radius 3 is 3.12 bits per heavy atom. The zero-order valence-corrected chi connectivity index (χ0v) is 9.23. The largest absolute Gasteiger partial charge is 0.464 e. The first-order chi connectivity index (χ1) is 7.83. The molecule has 1 aliphatic rings. The van der Waals surface area contributed by atoms with E-state index < -0.39 is 0 Å². The summed E-state index contributed by atoms with van der Waals surface area (Å²) in [6.45, 7) is 1.89. The Morgan fingerprint density at radius 1 is 1.38 bits per heavy atom. The average molecular weight is 214 g/mol. The van der Waals surface area contributed by atoms with Crippen LogP contribution in [0, 0.1) is 0 Å². The van der Waals surface area contributed by atoms with Gasteiger partial charge in [0.1, 0.15) is 5.58 Å². The highest BCUT2D eigenvalue weighted by molar-refractivity contribution is 5.86. The summed E-state index contributed by atoms with van der Waals surface area (Å²) < 4.78 is 5.50. The van der Waals surface area contributed by atoms with Crippen LogP contribution in [0.4, 0.5) is 0 Å². The number of benzene rings is 1. The van der Waals surface area contributed by atoms with Gasteiger partial charge in [0.2, 0.25) is 0 Å². The van der Waals surface area contributed by atoms with Crippen LogP contribution >= 0.6 is 0 Å².